The van der Waals surface area contributed by atoms with E-state index in [0.29, 0.717) is 5.56 Å². The van der Waals surface area contributed by atoms with Crippen LogP contribution in [0, 0.1) is 12.7 Å². The van der Waals surface area contributed by atoms with E-state index in [-0.39, 0.29) is 34.5 Å². The van der Waals surface area contributed by atoms with Crippen molar-refractivity contribution in [3.05, 3.63) is 29.6 Å². The first-order valence-corrected chi connectivity index (χ1v) is 4.04. The maximum absolute atomic E-state index is 12.4. The number of halogens is 1. The first-order valence-electron chi connectivity index (χ1n) is 2.96. The van der Waals surface area contributed by atoms with E-state index in [4.69, 9.17) is 0 Å². The van der Waals surface area contributed by atoms with Crippen molar-refractivity contribution in [2.45, 2.75) is 11.8 Å². The summed E-state index contributed by atoms with van der Waals surface area (Å²) in [4.78, 5) is 0.0185. The van der Waals surface area contributed by atoms with E-state index in [2.05, 4.69) is 0 Å². The number of benzene rings is 1. The molecule has 0 saturated heterocycles. The smallest absolute Gasteiger partial charge is 0.768 e. The molecule has 0 aliphatic rings. The molecule has 2 nitrogen and oxygen atoms in total. The van der Waals surface area contributed by atoms with Gasteiger partial charge in [-0.05, 0) is 35.7 Å². The largest absolute Gasteiger partial charge is 1.00 e. The molecule has 0 aliphatic carbocycles. The summed E-state index contributed by atoms with van der Waals surface area (Å²) in [6.07, 6.45) is 0. The summed E-state index contributed by atoms with van der Waals surface area (Å²) in [7, 11) is 0. The van der Waals surface area contributed by atoms with Crippen molar-refractivity contribution >= 4 is 11.1 Å². The Morgan fingerprint density at radius 1 is 1.50 bits per heavy atom. The van der Waals surface area contributed by atoms with Gasteiger partial charge in [-0.25, -0.2) is 4.39 Å². The van der Waals surface area contributed by atoms with Crippen molar-refractivity contribution in [1.29, 1.82) is 0 Å². The fourth-order valence-corrected chi connectivity index (χ4v) is 1.29. The third-order valence-electron chi connectivity index (χ3n) is 1.33. The molecule has 0 spiro atoms. The van der Waals surface area contributed by atoms with Gasteiger partial charge in [0.2, 0.25) is 0 Å². The number of aryl methyl sites for hydroxylation is 1. The SMILES string of the molecule is Cc1ccc(F)cc1S(=O)[O-].[Na+]. The van der Waals surface area contributed by atoms with Crippen LogP contribution in [-0.4, -0.2) is 8.76 Å². The summed E-state index contributed by atoms with van der Waals surface area (Å²) in [5.74, 6) is -0.533. The van der Waals surface area contributed by atoms with Crippen molar-refractivity contribution in [2.24, 2.45) is 0 Å². The average Bonchev–Trinajstić information content (AvgIpc) is 1.94. The standard InChI is InChI=1S/C7H7FO2S.Na/c1-5-2-3-6(8)4-7(5)11(9)10;/h2-4H,1H3,(H,9,10);/q;+1/p-1. The minimum atomic E-state index is -2.34. The van der Waals surface area contributed by atoms with Gasteiger partial charge in [0.15, 0.2) is 0 Å². The summed E-state index contributed by atoms with van der Waals surface area (Å²) in [6, 6.07) is 3.66. The number of rotatable bonds is 1. The zero-order valence-corrected chi connectivity index (χ0v) is 9.65. The summed E-state index contributed by atoms with van der Waals surface area (Å²) >= 11 is -2.34. The molecule has 5 heteroatoms. The van der Waals surface area contributed by atoms with Gasteiger partial charge >= 0.3 is 29.6 Å². The van der Waals surface area contributed by atoms with Gasteiger partial charge in [0.05, 0.1) is 0 Å². The first-order chi connectivity index (χ1) is 5.11. The van der Waals surface area contributed by atoms with Crippen molar-refractivity contribution in [3.63, 3.8) is 0 Å². The molecule has 1 unspecified atom stereocenters. The summed E-state index contributed by atoms with van der Waals surface area (Å²) < 4.78 is 33.2. The third kappa shape index (κ3) is 2.95. The van der Waals surface area contributed by atoms with E-state index >= 15 is 0 Å². The first kappa shape index (κ1) is 12.3. The van der Waals surface area contributed by atoms with Crippen LogP contribution in [-0.2, 0) is 11.1 Å². The van der Waals surface area contributed by atoms with Crippen molar-refractivity contribution < 1.29 is 42.7 Å². The van der Waals surface area contributed by atoms with Gasteiger partial charge < -0.3 is 4.55 Å². The van der Waals surface area contributed by atoms with Crippen molar-refractivity contribution in [2.75, 3.05) is 0 Å². The Hall–Kier alpha value is 0.260. The molecule has 1 atom stereocenters. The molecule has 0 fully saturated rings. The zero-order chi connectivity index (χ0) is 8.43. The molecular weight excluding hydrogens is 190 g/mol. The monoisotopic (exact) mass is 196 g/mol. The van der Waals surface area contributed by atoms with Crippen LogP contribution in [0.2, 0.25) is 0 Å². The van der Waals surface area contributed by atoms with E-state index in [1.165, 1.54) is 12.1 Å². The van der Waals surface area contributed by atoms with Crippen LogP contribution in [0.3, 0.4) is 0 Å². The molecule has 1 aromatic rings. The van der Waals surface area contributed by atoms with Crippen LogP contribution >= 0.6 is 0 Å². The average molecular weight is 196 g/mol. The molecule has 12 heavy (non-hydrogen) atoms. The molecule has 0 bridgehead atoms. The maximum atomic E-state index is 12.4. The van der Waals surface area contributed by atoms with Gasteiger partial charge in [-0.1, -0.05) is 6.07 Å². The second kappa shape index (κ2) is 5.09. The van der Waals surface area contributed by atoms with E-state index in [1.807, 2.05) is 0 Å². The van der Waals surface area contributed by atoms with Crippen LogP contribution in [0.25, 0.3) is 0 Å². The Bertz CT molecular complexity index is 303. The molecule has 0 saturated carbocycles. The third-order valence-corrected chi connectivity index (χ3v) is 2.13. The molecule has 0 N–H and O–H groups in total. The molecule has 0 radical (unpaired) electrons. The summed E-state index contributed by atoms with van der Waals surface area (Å²) in [6.45, 7) is 1.62. The Morgan fingerprint density at radius 3 is 2.50 bits per heavy atom. The van der Waals surface area contributed by atoms with E-state index in [9.17, 15) is 13.2 Å². The number of hydrogen-bond donors (Lipinski definition) is 0. The van der Waals surface area contributed by atoms with Gasteiger partial charge in [0.25, 0.3) is 0 Å². The normalized spacial score (nSPS) is 11.9. The van der Waals surface area contributed by atoms with Crippen LogP contribution in [0.15, 0.2) is 23.1 Å². The fourth-order valence-electron chi connectivity index (χ4n) is 0.753. The minimum Gasteiger partial charge on any atom is -0.768 e. The Balaban J connectivity index is 0.00000121. The topological polar surface area (TPSA) is 40.1 Å². The van der Waals surface area contributed by atoms with Crippen LogP contribution in [0.5, 0.6) is 0 Å². The van der Waals surface area contributed by atoms with Crippen molar-refractivity contribution in [3.8, 4) is 0 Å². The summed E-state index contributed by atoms with van der Waals surface area (Å²) in [5, 5.41) is 0. The fraction of sp³-hybridized carbons (Fsp3) is 0.143. The predicted molar refractivity (Wildman–Crippen MR) is 38.3 cm³/mol. The Labute approximate surface area is 94.8 Å². The Kier molecular flexibility index (Phi) is 5.20. The molecule has 0 amide bonds. The van der Waals surface area contributed by atoms with Gasteiger partial charge in [-0.3, -0.25) is 4.21 Å². The number of hydrogen-bond acceptors (Lipinski definition) is 2. The van der Waals surface area contributed by atoms with Gasteiger partial charge in [-0.2, -0.15) is 0 Å². The van der Waals surface area contributed by atoms with Crippen LogP contribution in [0.4, 0.5) is 4.39 Å². The van der Waals surface area contributed by atoms with Gasteiger partial charge in [0.1, 0.15) is 5.82 Å². The second-order valence-electron chi connectivity index (χ2n) is 2.14. The molecule has 60 valence electrons. The predicted octanol–water partition coefficient (Wildman–Crippen LogP) is -1.62. The quantitative estimate of drug-likeness (QED) is 0.400. The van der Waals surface area contributed by atoms with E-state index in [0.717, 1.165) is 6.07 Å². The van der Waals surface area contributed by atoms with Crippen LogP contribution < -0.4 is 29.6 Å². The van der Waals surface area contributed by atoms with E-state index < -0.39 is 16.9 Å². The van der Waals surface area contributed by atoms with E-state index in [1.54, 1.807) is 6.92 Å². The Morgan fingerprint density at radius 2 is 2.08 bits per heavy atom. The second-order valence-corrected chi connectivity index (χ2v) is 3.05. The van der Waals surface area contributed by atoms with Crippen LogP contribution in [0.1, 0.15) is 5.56 Å². The zero-order valence-electron chi connectivity index (χ0n) is 6.83. The van der Waals surface area contributed by atoms with Gasteiger partial charge in [0, 0.05) is 4.90 Å². The molecular formula is C7H6FNaO2S. The molecule has 0 aliphatic heterocycles. The minimum absolute atomic E-state index is 0. The molecule has 1 aromatic carbocycles. The maximum Gasteiger partial charge on any atom is 1.00 e. The summed E-state index contributed by atoms with van der Waals surface area (Å²) in [5.41, 5.74) is 0.555. The molecule has 1 rings (SSSR count). The van der Waals surface area contributed by atoms with Gasteiger partial charge in [-0.15, -0.1) is 0 Å². The van der Waals surface area contributed by atoms with Crippen molar-refractivity contribution in [1.82, 2.24) is 0 Å². The molecule has 0 heterocycles. The molecule has 0 aromatic heterocycles.